The van der Waals surface area contributed by atoms with Gasteiger partial charge in [0.2, 0.25) is 11.1 Å². The fourth-order valence-electron chi connectivity index (χ4n) is 2.12. The Morgan fingerprint density at radius 3 is 3.00 bits per heavy atom. The molecule has 1 heterocycles. The monoisotopic (exact) mass is 367 g/mol. The van der Waals surface area contributed by atoms with Crippen LogP contribution in [0.15, 0.2) is 23.4 Å². The van der Waals surface area contributed by atoms with E-state index in [4.69, 9.17) is 16.3 Å². The Labute approximate surface area is 149 Å². The third kappa shape index (κ3) is 3.99. The van der Waals surface area contributed by atoms with E-state index in [1.807, 2.05) is 13.8 Å². The quantitative estimate of drug-likeness (QED) is 0.757. The number of tetrazole rings is 1. The van der Waals surface area contributed by atoms with Crippen LogP contribution in [0, 0.1) is 0 Å². The van der Waals surface area contributed by atoms with Crippen LogP contribution in [0.5, 0.6) is 5.75 Å². The summed E-state index contributed by atoms with van der Waals surface area (Å²) in [4.78, 5) is 12.4. The summed E-state index contributed by atoms with van der Waals surface area (Å²) in [5.41, 5.74) is 0.627. The fraction of sp³-hybridized carbons (Fsp3) is 0.467. The number of ether oxygens (including phenoxy) is 1. The number of thioether (sulfide) groups is 1. The molecule has 1 unspecified atom stereocenters. The largest absolute Gasteiger partial charge is 0.492 e. The maximum atomic E-state index is 12.4. The number of nitrogens with one attached hydrogen (secondary N) is 1. The van der Waals surface area contributed by atoms with Crippen LogP contribution < -0.4 is 10.1 Å². The van der Waals surface area contributed by atoms with Crippen molar-refractivity contribution in [2.75, 3.05) is 11.9 Å². The summed E-state index contributed by atoms with van der Waals surface area (Å²) in [6, 6.07) is 5.56. The Hall–Kier alpha value is -1.80. The van der Waals surface area contributed by atoms with E-state index in [0.717, 1.165) is 12.8 Å². The third-order valence-corrected chi connectivity index (χ3v) is 4.85. The molecule has 1 amide bonds. The first kappa shape index (κ1) is 17.0. The van der Waals surface area contributed by atoms with Gasteiger partial charge in [-0.15, -0.1) is 5.10 Å². The number of benzene rings is 1. The van der Waals surface area contributed by atoms with Crippen molar-refractivity contribution < 1.29 is 9.53 Å². The van der Waals surface area contributed by atoms with E-state index in [1.165, 1.54) is 11.8 Å². The van der Waals surface area contributed by atoms with E-state index < -0.39 is 0 Å². The van der Waals surface area contributed by atoms with Crippen molar-refractivity contribution in [3.8, 4) is 5.75 Å². The minimum Gasteiger partial charge on any atom is -0.492 e. The maximum absolute atomic E-state index is 12.4. The van der Waals surface area contributed by atoms with Crippen molar-refractivity contribution in [2.45, 2.75) is 43.1 Å². The number of hydrogen-bond donors (Lipinski definition) is 1. The Balaban J connectivity index is 1.61. The van der Waals surface area contributed by atoms with Gasteiger partial charge in [0.15, 0.2) is 0 Å². The fourth-order valence-corrected chi connectivity index (χ4v) is 3.21. The summed E-state index contributed by atoms with van der Waals surface area (Å²) in [5, 5.41) is 15.3. The van der Waals surface area contributed by atoms with Crippen molar-refractivity contribution in [3.05, 3.63) is 23.2 Å². The van der Waals surface area contributed by atoms with Gasteiger partial charge in [-0.05, 0) is 55.3 Å². The molecule has 1 fully saturated rings. The zero-order valence-electron chi connectivity index (χ0n) is 13.4. The van der Waals surface area contributed by atoms with Gasteiger partial charge in [0.1, 0.15) is 5.75 Å². The van der Waals surface area contributed by atoms with E-state index in [1.54, 1.807) is 22.9 Å². The molecule has 2 aromatic rings. The van der Waals surface area contributed by atoms with Crippen LogP contribution in [0.2, 0.25) is 5.02 Å². The molecule has 1 aromatic heterocycles. The van der Waals surface area contributed by atoms with Gasteiger partial charge < -0.3 is 10.1 Å². The lowest BCUT2D eigenvalue weighted by Gasteiger charge is -2.13. The molecule has 1 aromatic carbocycles. The molecular formula is C15H18ClN5O2S. The molecule has 7 nitrogen and oxygen atoms in total. The molecule has 1 aliphatic carbocycles. The topological polar surface area (TPSA) is 81.9 Å². The average molecular weight is 368 g/mol. The lowest BCUT2D eigenvalue weighted by molar-refractivity contribution is -0.115. The highest BCUT2D eigenvalue weighted by Gasteiger charge is 2.29. The first-order chi connectivity index (χ1) is 11.6. The van der Waals surface area contributed by atoms with Crippen LogP contribution in [0.3, 0.4) is 0 Å². The van der Waals surface area contributed by atoms with Gasteiger partial charge >= 0.3 is 0 Å². The van der Waals surface area contributed by atoms with Gasteiger partial charge in [-0.2, -0.15) is 0 Å². The van der Waals surface area contributed by atoms with Crippen molar-refractivity contribution >= 4 is 35.0 Å². The second-order valence-electron chi connectivity index (χ2n) is 5.46. The second kappa shape index (κ2) is 7.40. The van der Waals surface area contributed by atoms with Crippen molar-refractivity contribution in [2.24, 2.45) is 0 Å². The van der Waals surface area contributed by atoms with Gasteiger partial charge in [-0.1, -0.05) is 23.4 Å². The molecule has 9 heteroatoms. The minimum absolute atomic E-state index is 0.134. The number of halogens is 1. The van der Waals surface area contributed by atoms with Crippen LogP contribution in [-0.4, -0.2) is 38.0 Å². The summed E-state index contributed by atoms with van der Waals surface area (Å²) < 4.78 is 7.18. The van der Waals surface area contributed by atoms with Crippen LogP contribution in [-0.2, 0) is 4.79 Å². The van der Waals surface area contributed by atoms with Crippen molar-refractivity contribution in [3.63, 3.8) is 0 Å². The number of rotatable bonds is 7. The smallest absolute Gasteiger partial charge is 0.237 e. The van der Waals surface area contributed by atoms with Gasteiger partial charge in [-0.25, -0.2) is 4.68 Å². The lowest BCUT2D eigenvalue weighted by Crippen LogP contribution is -2.23. The molecule has 0 spiro atoms. The predicted molar refractivity (Wildman–Crippen MR) is 92.7 cm³/mol. The molecule has 3 rings (SSSR count). The van der Waals surface area contributed by atoms with Crippen LogP contribution in [0.4, 0.5) is 5.69 Å². The SMILES string of the molecule is CCOc1ccc(NC(=O)C(C)Sc2nnnn2C2CC2)cc1Cl. The highest BCUT2D eigenvalue weighted by molar-refractivity contribution is 8.00. The number of hydrogen-bond acceptors (Lipinski definition) is 6. The Morgan fingerprint density at radius 2 is 2.33 bits per heavy atom. The van der Waals surface area contributed by atoms with Gasteiger partial charge in [0.05, 0.1) is 22.9 Å². The van der Waals surface area contributed by atoms with Gasteiger partial charge in [0.25, 0.3) is 0 Å². The van der Waals surface area contributed by atoms with Gasteiger partial charge in [0, 0.05) is 5.69 Å². The standard InChI is InChI=1S/C15H18ClN5O2S/c1-3-23-13-7-4-10(8-12(13)16)17-14(22)9(2)24-15-18-19-20-21(15)11-5-6-11/h4,7-9,11H,3,5-6H2,1-2H3,(H,17,22). The molecule has 1 N–H and O–H groups in total. The third-order valence-electron chi connectivity index (χ3n) is 3.51. The summed E-state index contributed by atoms with van der Waals surface area (Å²) in [5.74, 6) is 0.466. The molecule has 1 saturated carbocycles. The Morgan fingerprint density at radius 1 is 1.54 bits per heavy atom. The molecule has 24 heavy (non-hydrogen) atoms. The van der Waals surface area contributed by atoms with Crippen molar-refractivity contribution in [1.29, 1.82) is 0 Å². The molecule has 0 radical (unpaired) electrons. The van der Waals surface area contributed by atoms with E-state index in [0.29, 0.717) is 34.3 Å². The summed E-state index contributed by atoms with van der Waals surface area (Å²) in [6.45, 7) is 4.25. The maximum Gasteiger partial charge on any atom is 0.237 e. The number of aromatic nitrogens is 4. The van der Waals surface area contributed by atoms with Gasteiger partial charge in [-0.3, -0.25) is 4.79 Å². The number of amides is 1. The molecule has 0 saturated heterocycles. The summed E-state index contributed by atoms with van der Waals surface area (Å²) in [7, 11) is 0. The second-order valence-corrected chi connectivity index (χ2v) is 7.18. The number of carbonyl (C=O) groups excluding carboxylic acids is 1. The molecule has 1 atom stereocenters. The zero-order valence-corrected chi connectivity index (χ0v) is 15.0. The molecule has 0 aliphatic heterocycles. The molecule has 128 valence electrons. The summed E-state index contributed by atoms with van der Waals surface area (Å²) in [6.07, 6.45) is 2.17. The number of carbonyl (C=O) groups is 1. The first-order valence-corrected chi connectivity index (χ1v) is 9.02. The zero-order chi connectivity index (χ0) is 17.1. The molecule has 1 aliphatic rings. The molecular weight excluding hydrogens is 350 g/mol. The van der Waals surface area contributed by atoms with E-state index in [2.05, 4.69) is 20.8 Å². The van der Waals surface area contributed by atoms with Crippen LogP contribution in [0.25, 0.3) is 0 Å². The number of nitrogens with zero attached hydrogens (tertiary/aromatic N) is 4. The normalized spacial score (nSPS) is 15.1. The first-order valence-electron chi connectivity index (χ1n) is 7.76. The van der Waals surface area contributed by atoms with Crippen LogP contribution >= 0.6 is 23.4 Å². The lowest BCUT2D eigenvalue weighted by atomic mass is 10.3. The Bertz CT molecular complexity index is 734. The molecule has 0 bridgehead atoms. The highest BCUT2D eigenvalue weighted by atomic mass is 35.5. The highest BCUT2D eigenvalue weighted by Crippen LogP contribution is 2.37. The average Bonchev–Trinajstić information content (AvgIpc) is 3.30. The Kier molecular flexibility index (Phi) is 5.25. The van der Waals surface area contributed by atoms with E-state index in [-0.39, 0.29) is 11.2 Å². The van der Waals surface area contributed by atoms with E-state index in [9.17, 15) is 4.79 Å². The summed E-state index contributed by atoms with van der Waals surface area (Å²) >= 11 is 7.48. The van der Waals surface area contributed by atoms with Crippen LogP contribution in [0.1, 0.15) is 32.7 Å². The number of anilines is 1. The predicted octanol–water partition coefficient (Wildman–Crippen LogP) is 3.18. The van der Waals surface area contributed by atoms with E-state index >= 15 is 0 Å². The minimum atomic E-state index is -0.334. The van der Waals surface area contributed by atoms with Crippen molar-refractivity contribution in [1.82, 2.24) is 20.2 Å².